The van der Waals surface area contributed by atoms with Crippen molar-refractivity contribution in [1.82, 2.24) is 15.6 Å². The van der Waals surface area contributed by atoms with Crippen LogP contribution >= 0.6 is 0 Å². The van der Waals surface area contributed by atoms with Crippen LogP contribution in [-0.2, 0) is 15.7 Å². The summed E-state index contributed by atoms with van der Waals surface area (Å²) in [6, 6.07) is 11.4. The van der Waals surface area contributed by atoms with Gasteiger partial charge in [-0.3, -0.25) is 15.2 Å². The van der Waals surface area contributed by atoms with Crippen molar-refractivity contribution in [2.24, 2.45) is 0 Å². The number of hydrogen-bond donors (Lipinski definition) is 3. The van der Waals surface area contributed by atoms with E-state index in [-0.39, 0.29) is 74.5 Å². The fourth-order valence-electron chi connectivity index (χ4n) is 4.75. The molecule has 2 atom stereocenters. The Morgan fingerprint density at radius 2 is 1.90 bits per heavy atom. The average molecular weight is 605 g/mol. The molecular weight excluding hydrogens is 574 g/mol. The zero-order chi connectivity index (χ0) is 29.7. The van der Waals surface area contributed by atoms with Crippen LogP contribution in [0.2, 0.25) is 0 Å². The number of allylic oxidation sites excluding steroid dienone is 1. The Kier molecular flexibility index (Phi) is 11.9. The van der Waals surface area contributed by atoms with Gasteiger partial charge in [-0.2, -0.15) is 31.4 Å². The van der Waals surface area contributed by atoms with E-state index in [0.717, 1.165) is 25.0 Å². The number of aromatic amines is 1. The molecule has 2 aromatic carbocycles. The standard InChI is InChI=1S/C31H30F3N3O4.K/c1-18-27(36-20(3)28(18)30(40)35-16-26-8-5-13-41-26)15-24(17-38)22-6-4-7-23(14-22)29(39)37-19(2)21-9-11-25(12-10-21)31(32,33)34;/h4,7,9-12,14-15,19,26,36H,5,8,13,16H2,1-3H3,(H,35,40)(H,37,39);/q-2;+1/b24-15+;. The largest absolute Gasteiger partial charge is 1.00 e. The number of amides is 2. The van der Waals surface area contributed by atoms with Crippen LogP contribution in [0.5, 0.6) is 0 Å². The van der Waals surface area contributed by atoms with Gasteiger partial charge < -0.3 is 25.1 Å². The van der Waals surface area contributed by atoms with Gasteiger partial charge in [0.25, 0.3) is 5.91 Å². The van der Waals surface area contributed by atoms with Crippen molar-refractivity contribution < 1.29 is 83.7 Å². The van der Waals surface area contributed by atoms with Crippen molar-refractivity contribution >= 4 is 29.7 Å². The van der Waals surface area contributed by atoms with Crippen LogP contribution in [0.1, 0.15) is 80.2 Å². The summed E-state index contributed by atoms with van der Waals surface area (Å²) in [6.45, 7) is 6.31. The fraction of sp³-hybridized carbons (Fsp3) is 0.323. The van der Waals surface area contributed by atoms with Crippen LogP contribution in [0.25, 0.3) is 11.6 Å². The first-order valence-electron chi connectivity index (χ1n) is 13.2. The summed E-state index contributed by atoms with van der Waals surface area (Å²) in [4.78, 5) is 40.9. The van der Waals surface area contributed by atoms with E-state index in [2.05, 4.69) is 21.7 Å². The Bertz CT molecular complexity index is 1460. The number of nitrogens with one attached hydrogen (secondary N) is 3. The SMILES string of the molecule is Cc1[nH]c(/C=C(\[C-]=O)c2[c-]ccc(C(=O)NC(C)c3ccc(C(F)(F)F)cc3)c2)c(C)c1C(=O)NCC1CCCO1.[K+]. The van der Waals surface area contributed by atoms with Crippen LogP contribution < -0.4 is 62.0 Å². The number of rotatable bonds is 9. The van der Waals surface area contributed by atoms with Crippen molar-refractivity contribution in [2.45, 2.75) is 51.9 Å². The van der Waals surface area contributed by atoms with E-state index in [9.17, 15) is 27.6 Å². The van der Waals surface area contributed by atoms with Crippen molar-refractivity contribution in [3.05, 3.63) is 93.3 Å². The molecule has 0 aliphatic carbocycles. The molecule has 216 valence electrons. The van der Waals surface area contributed by atoms with E-state index in [0.29, 0.717) is 46.8 Å². The van der Waals surface area contributed by atoms with Gasteiger partial charge in [0.2, 0.25) is 5.91 Å². The number of carbonyl (C=O) groups is 2. The molecule has 2 amide bonds. The van der Waals surface area contributed by atoms with E-state index in [4.69, 9.17) is 4.74 Å². The van der Waals surface area contributed by atoms with Gasteiger partial charge in [-0.25, -0.2) is 11.6 Å². The minimum absolute atomic E-state index is 0. The molecular formula is C31H30F3KN3O4-. The molecule has 0 bridgehead atoms. The Morgan fingerprint density at radius 1 is 1.19 bits per heavy atom. The third-order valence-electron chi connectivity index (χ3n) is 7.06. The number of ether oxygens (including phenoxy) is 1. The summed E-state index contributed by atoms with van der Waals surface area (Å²) < 4.78 is 44.1. The molecule has 1 saturated heterocycles. The third kappa shape index (κ3) is 8.30. The quantitative estimate of drug-likeness (QED) is 0.199. The van der Waals surface area contributed by atoms with Crippen LogP contribution in [-0.4, -0.2) is 42.3 Å². The molecule has 1 aliphatic rings. The molecule has 11 heteroatoms. The number of H-pyrrole nitrogens is 1. The monoisotopic (exact) mass is 604 g/mol. The van der Waals surface area contributed by atoms with Crippen LogP contribution in [0, 0.1) is 19.9 Å². The van der Waals surface area contributed by atoms with Gasteiger partial charge in [0, 0.05) is 25.1 Å². The minimum atomic E-state index is -4.45. The first kappa shape index (κ1) is 34.0. The average Bonchev–Trinajstić information content (AvgIpc) is 3.57. The van der Waals surface area contributed by atoms with Crippen LogP contribution in [0.15, 0.2) is 42.5 Å². The molecule has 2 unspecified atom stereocenters. The third-order valence-corrected chi connectivity index (χ3v) is 7.06. The molecule has 0 spiro atoms. The maximum absolute atomic E-state index is 12.9. The molecule has 0 radical (unpaired) electrons. The Balaban J connectivity index is 0.00000484. The predicted molar refractivity (Wildman–Crippen MR) is 148 cm³/mol. The number of halogens is 3. The molecule has 7 nitrogen and oxygen atoms in total. The summed E-state index contributed by atoms with van der Waals surface area (Å²) in [6.07, 6.45) is 0.866. The summed E-state index contributed by atoms with van der Waals surface area (Å²) in [5.41, 5.74) is 2.70. The Morgan fingerprint density at radius 3 is 2.52 bits per heavy atom. The maximum atomic E-state index is 12.9. The van der Waals surface area contributed by atoms with E-state index in [1.54, 1.807) is 26.8 Å². The van der Waals surface area contributed by atoms with Crippen molar-refractivity contribution in [3.8, 4) is 0 Å². The maximum Gasteiger partial charge on any atom is 1.00 e. The van der Waals surface area contributed by atoms with Gasteiger partial charge in [0.1, 0.15) is 0 Å². The van der Waals surface area contributed by atoms with Gasteiger partial charge in [-0.15, -0.1) is 6.07 Å². The van der Waals surface area contributed by atoms with E-state index >= 15 is 0 Å². The number of aromatic nitrogens is 1. The first-order valence-corrected chi connectivity index (χ1v) is 13.2. The van der Waals surface area contributed by atoms with E-state index in [1.165, 1.54) is 30.3 Å². The summed E-state index contributed by atoms with van der Waals surface area (Å²) in [5.74, 6) is -0.717. The number of hydrogen-bond acceptors (Lipinski definition) is 4. The van der Waals surface area contributed by atoms with Crippen LogP contribution in [0.3, 0.4) is 0 Å². The topological polar surface area (TPSA) is 100 Å². The number of alkyl halides is 3. The number of aryl methyl sites for hydroxylation is 1. The molecule has 3 N–H and O–H groups in total. The van der Waals surface area contributed by atoms with E-state index in [1.807, 2.05) is 6.29 Å². The second kappa shape index (κ2) is 14.8. The molecule has 2 heterocycles. The van der Waals surface area contributed by atoms with E-state index < -0.39 is 23.7 Å². The number of benzene rings is 2. The van der Waals surface area contributed by atoms with Gasteiger partial charge >= 0.3 is 57.6 Å². The van der Waals surface area contributed by atoms with Crippen molar-refractivity contribution in [1.29, 1.82) is 0 Å². The van der Waals surface area contributed by atoms with Gasteiger partial charge in [0.15, 0.2) is 0 Å². The zero-order valence-corrected chi connectivity index (χ0v) is 27.0. The predicted octanol–water partition coefficient (Wildman–Crippen LogP) is 2.50. The molecule has 0 saturated carbocycles. The summed E-state index contributed by atoms with van der Waals surface area (Å²) in [5, 5.41) is 5.67. The second-order valence-electron chi connectivity index (χ2n) is 9.97. The van der Waals surface area contributed by atoms with Gasteiger partial charge in [-0.05, 0) is 62.6 Å². The fourth-order valence-corrected chi connectivity index (χ4v) is 4.75. The van der Waals surface area contributed by atoms with Crippen LogP contribution in [0.4, 0.5) is 13.2 Å². The molecule has 3 aromatic rings. The minimum Gasteiger partial charge on any atom is -0.388 e. The van der Waals surface area contributed by atoms with Gasteiger partial charge in [-0.1, -0.05) is 17.7 Å². The smallest absolute Gasteiger partial charge is 0.388 e. The second-order valence-corrected chi connectivity index (χ2v) is 9.97. The Hall–Kier alpha value is -2.54. The summed E-state index contributed by atoms with van der Waals surface area (Å²) >= 11 is 0. The van der Waals surface area contributed by atoms with Gasteiger partial charge in [0.05, 0.1) is 23.3 Å². The zero-order valence-electron chi connectivity index (χ0n) is 23.9. The molecule has 4 rings (SSSR count). The molecule has 42 heavy (non-hydrogen) atoms. The number of carbonyl (C=O) groups excluding carboxylic acids is 3. The normalized spacial score (nSPS) is 16.0. The van der Waals surface area contributed by atoms with Crippen molar-refractivity contribution in [2.75, 3.05) is 13.2 Å². The molecule has 1 aromatic heterocycles. The Labute approximate surface area is 285 Å². The first-order chi connectivity index (χ1) is 19.5. The molecule has 1 fully saturated rings. The summed E-state index contributed by atoms with van der Waals surface area (Å²) in [7, 11) is 0. The molecule has 1 aliphatic heterocycles. The van der Waals surface area contributed by atoms with Crippen molar-refractivity contribution in [3.63, 3.8) is 0 Å².